The van der Waals surface area contributed by atoms with Crippen LogP contribution in [0.5, 0.6) is 0 Å². The van der Waals surface area contributed by atoms with Gasteiger partial charge in [0.05, 0.1) is 0 Å². The lowest BCUT2D eigenvalue weighted by Gasteiger charge is -2.19. The summed E-state index contributed by atoms with van der Waals surface area (Å²) >= 11 is 0. The molecule has 0 saturated heterocycles. The number of allylic oxidation sites excluding steroid dienone is 1. The highest BCUT2D eigenvalue weighted by Gasteiger charge is 2.23. The summed E-state index contributed by atoms with van der Waals surface area (Å²) in [4.78, 5) is 11.1. The summed E-state index contributed by atoms with van der Waals surface area (Å²) in [7, 11) is 0. The Hall–Kier alpha value is -0.630. The first-order chi connectivity index (χ1) is 4.54. The molecule has 0 amide bonds. The van der Waals surface area contributed by atoms with Crippen molar-refractivity contribution in [2.45, 2.75) is 20.3 Å². The highest BCUT2D eigenvalue weighted by atomic mass is 16.1. The van der Waals surface area contributed by atoms with Gasteiger partial charge in [0.2, 0.25) is 0 Å². The fourth-order valence-corrected chi connectivity index (χ4v) is 0.521. The van der Waals surface area contributed by atoms with Crippen LogP contribution in [0.1, 0.15) is 20.3 Å². The maximum Gasteiger partial charge on any atom is 0.143 e. The van der Waals surface area contributed by atoms with Gasteiger partial charge in [-0.2, -0.15) is 0 Å². The van der Waals surface area contributed by atoms with E-state index in [0.717, 1.165) is 0 Å². The molecule has 2 heteroatoms. The van der Waals surface area contributed by atoms with Crippen molar-refractivity contribution < 1.29 is 4.79 Å². The van der Waals surface area contributed by atoms with Crippen LogP contribution in [0, 0.1) is 5.41 Å². The molecule has 0 heterocycles. The quantitative estimate of drug-likeness (QED) is 0.596. The minimum atomic E-state index is -0.381. The largest absolute Gasteiger partial charge is 0.329 e. The Morgan fingerprint density at radius 1 is 1.70 bits per heavy atom. The van der Waals surface area contributed by atoms with Crippen molar-refractivity contribution in [2.24, 2.45) is 11.1 Å². The molecule has 0 aliphatic rings. The zero-order chi connectivity index (χ0) is 8.20. The summed E-state index contributed by atoms with van der Waals surface area (Å²) in [6.07, 6.45) is 2.03. The number of carbonyl (C=O) groups is 1. The number of rotatable bonds is 4. The van der Waals surface area contributed by atoms with Crippen molar-refractivity contribution in [2.75, 3.05) is 6.54 Å². The van der Waals surface area contributed by atoms with Crippen LogP contribution in [-0.2, 0) is 4.79 Å². The van der Waals surface area contributed by atoms with Crippen LogP contribution in [0.25, 0.3) is 0 Å². The summed E-state index contributed by atoms with van der Waals surface area (Å²) in [5.74, 6) is 0.157. The average Bonchev–Trinajstić information content (AvgIpc) is 1.89. The van der Waals surface area contributed by atoms with Gasteiger partial charge in [-0.3, -0.25) is 4.79 Å². The van der Waals surface area contributed by atoms with Crippen molar-refractivity contribution >= 4 is 5.78 Å². The third-order valence-corrected chi connectivity index (χ3v) is 1.59. The van der Waals surface area contributed by atoms with E-state index >= 15 is 0 Å². The van der Waals surface area contributed by atoms with E-state index in [1.165, 1.54) is 0 Å². The van der Waals surface area contributed by atoms with E-state index in [1.54, 1.807) is 6.08 Å². The zero-order valence-electron chi connectivity index (χ0n) is 6.68. The lowest BCUT2D eigenvalue weighted by Crippen LogP contribution is -2.32. The summed E-state index contributed by atoms with van der Waals surface area (Å²) < 4.78 is 0. The Kier molecular flexibility index (Phi) is 3.30. The lowest BCUT2D eigenvalue weighted by atomic mass is 9.87. The van der Waals surface area contributed by atoms with Crippen LogP contribution >= 0.6 is 0 Å². The average molecular weight is 141 g/mol. The van der Waals surface area contributed by atoms with Gasteiger partial charge in [-0.15, -0.1) is 6.58 Å². The number of nitrogens with two attached hydrogens (primary N) is 1. The van der Waals surface area contributed by atoms with Crippen LogP contribution < -0.4 is 5.73 Å². The summed E-state index contributed by atoms with van der Waals surface area (Å²) in [5.41, 5.74) is 5.00. The van der Waals surface area contributed by atoms with Crippen LogP contribution in [0.2, 0.25) is 0 Å². The van der Waals surface area contributed by atoms with E-state index in [0.29, 0.717) is 13.0 Å². The van der Waals surface area contributed by atoms with E-state index in [2.05, 4.69) is 6.58 Å². The minimum absolute atomic E-state index is 0.157. The highest BCUT2D eigenvalue weighted by Crippen LogP contribution is 2.15. The summed E-state index contributed by atoms with van der Waals surface area (Å²) in [6, 6.07) is 0. The topological polar surface area (TPSA) is 43.1 Å². The maximum absolute atomic E-state index is 11.1. The van der Waals surface area contributed by atoms with Gasteiger partial charge in [-0.1, -0.05) is 19.9 Å². The van der Waals surface area contributed by atoms with Gasteiger partial charge in [0.1, 0.15) is 5.78 Å². The van der Waals surface area contributed by atoms with Crippen molar-refractivity contribution in [3.63, 3.8) is 0 Å². The first-order valence-corrected chi connectivity index (χ1v) is 3.39. The second kappa shape index (κ2) is 3.52. The summed E-state index contributed by atoms with van der Waals surface area (Å²) in [5, 5.41) is 0. The van der Waals surface area contributed by atoms with Gasteiger partial charge < -0.3 is 5.73 Å². The number of hydrogen-bond donors (Lipinski definition) is 1. The van der Waals surface area contributed by atoms with E-state index in [-0.39, 0.29) is 11.2 Å². The third kappa shape index (κ3) is 2.31. The van der Waals surface area contributed by atoms with Gasteiger partial charge in [-0.05, 0) is 0 Å². The second-order valence-electron chi connectivity index (χ2n) is 3.00. The lowest BCUT2D eigenvalue weighted by molar-refractivity contribution is -0.125. The molecule has 0 fully saturated rings. The number of ketones is 1. The molecule has 0 aromatic heterocycles. The Morgan fingerprint density at radius 3 is 2.50 bits per heavy atom. The molecule has 0 bridgehead atoms. The first kappa shape index (κ1) is 9.37. The van der Waals surface area contributed by atoms with E-state index < -0.39 is 0 Å². The number of Topliss-reactive ketones (excluding diaryl/α,β-unsaturated/α-hetero) is 1. The van der Waals surface area contributed by atoms with Crippen LogP contribution in [-0.4, -0.2) is 12.3 Å². The van der Waals surface area contributed by atoms with Gasteiger partial charge in [0, 0.05) is 18.4 Å². The Labute approximate surface area is 62.1 Å². The summed E-state index contributed by atoms with van der Waals surface area (Å²) in [6.45, 7) is 7.58. The molecule has 2 N–H and O–H groups in total. The molecule has 2 nitrogen and oxygen atoms in total. The van der Waals surface area contributed by atoms with Gasteiger partial charge >= 0.3 is 0 Å². The molecule has 0 spiro atoms. The molecular formula is C8H15NO. The Bertz CT molecular complexity index is 138. The molecule has 0 atom stereocenters. The smallest absolute Gasteiger partial charge is 0.143 e. The fourth-order valence-electron chi connectivity index (χ4n) is 0.521. The molecule has 58 valence electrons. The second-order valence-corrected chi connectivity index (χ2v) is 3.00. The molecule has 0 aromatic rings. The molecule has 0 aliphatic heterocycles. The van der Waals surface area contributed by atoms with Crippen LogP contribution in [0.4, 0.5) is 0 Å². The molecule has 0 rings (SSSR count). The van der Waals surface area contributed by atoms with Crippen molar-refractivity contribution in [1.29, 1.82) is 0 Å². The van der Waals surface area contributed by atoms with Gasteiger partial charge in [0.15, 0.2) is 0 Å². The monoisotopic (exact) mass is 141 g/mol. The Balaban J connectivity index is 4.03. The molecule has 0 unspecified atom stereocenters. The molecule has 10 heavy (non-hydrogen) atoms. The van der Waals surface area contributed by atoms with Crippen LogP contribution in [0.15, 0.2) is 12.7 Å². The molecule has 0 saturated carbocycles. The standard InChI is InChI=1S/C8H15NO/c1-4-5-7(10)8(2,3)6-9/h4H,1,5-6,9H2,2-3H3. The first-order valence-electron chi connectivity index (χ1n) is 3.39. The molecule has 0 radical (unpaired) electrons. The molecule has 0 aromatic carbocycles. The minimum Gasteiger partial charge on any atom is -0.329 e. The Morgan fingerprint density at radius 2 is 2.20 bits per heavy atom. The van der Waals surface area contributed by atoms with Crippen molar-refractivity contribution in [1.82, 2.24) is 0 Å². The SMILES string of the molecule is C=CCC(=O)C(C)(C)CN. The van der Waals surface area contributed by atoms with Crippen molar-refractivity contribution in [3.05, 3.63) is 12.7 Å². The predicted octanol–water partition coefficient (Wildman–Crippen LogP) is 1.12. The maximum atomic E-state index is 11.1. The zero-order valence-corrected chi connectivity index (χ0v) is 6.68. The van der Waals surface area contributed by atoms with Gasteiger partial charge in [0.25, 0.3) is 0 Å². The molecule has 0 aliphatic carbocycles. The van der Waals surface area contributed by atoms with E-state index in [1.807, 2.05) is 13.8 Å². The number of hydrogen-bond acceptors (Lipinski definition) is 2. The third-order valence-electron chi connectivity index (χ3n) is 1.59. The van der Waals surface area contributed by atoms with Crippen LogP contribution in [0.3, 0.4) is 0 Å². The number of carbonyl (C=O) groups excluding carboxylic acids is 1. The highest BCUT2D eigenvalue weighted by molar-refractivity contribution is 5.85. The predicted molar refractivity (Wildman–Crippen MR) is 42.7 cm³/mol. The fraction of sp³-hybridized carbons (Fsp3) is 0.625. The van der Waals surface area contributed by atoms with E-state index in [4.69, 9.17) is 5.73 Å². The van der Waals surface area contributed by atoms with Gasteiger partial charge in [-0.25, -0.2) is 0 Å². The van der Waals surface area contributed by atoms with Crippen molar-refractivity contribution in [3.8, 4) is 0 Å². The normalized spacial score (nSPS) is 11.1. The molecular weight excluding hydrogens is 126 g/mol. The van der Waals surface area contributed by atoms with E-state index in [9.17, 15) is 4.79 Å².